The lowest BCUT2D eigenvalue weighted by atomic mass is 9.58. The van der Waals surface area contributed by atoms with E-state index in [0.29, 0.717) is 22.7 Å². The second-order valence-corrected chi connectivity index (χ2v) is 8.22. The number of aryl methyl sites for hydroxylation is 1. The second kappa shape index (κ2) is 6.99. The maximum absolute atomic E-state index is 14.2. The molecule has 2 aliphatic rings. The number of benzene rings is 2. The molecule has 2 aromatic rings. The summed E-state index contributed by atoms with van der Waals surface area (Å²) < 4.78 is 14.2. The van der Waals surface area contributed by atoms with Gasteiger partial charge in [-0.2, -0.15) is 0 Å². The summed E-state index contributed by atoms with van der Waals surface area (Å²) in [6.45, 7) is 7.96. The molecule has 4 rings (SSSR count). The third kappa shape index (κ3) is 2.87. The number of carbonyl (C=O) groups excluding carboxylic acids is 2. The van der Waals surface area contributed by atoms with Crippen molar-refractivity contribution >= 4 is 29.1 Å². The van der Waals surface area contributed by atoms with Gasteiger partial charge < -0.3 is 10.6 Å². The predicted molar refractivity (Wildman–Crippen MR) is 112 cm³/mol. The molecule has 1 spiro atoms. The van der Waals surface area contributed by atoms with Crippen LogP contribution in [0.5, 0.6) is 0 Å². The summed E-state index contributed by atoms with van der Waals surface area (Å²) in [7, 11) is 0. The highest BCUT2D eigenvalue weighted by atomic mass is 35.5. The molecule has 6 heteroatoms. The number of halogens is 2. The lowest BCUT2D eigenvalue weighted by Gasteiger charge is -2.47. The first kappa shape index (κ1) is 19.6. The van der Waals surface area contributed by atoms with Crippen LogP contribution in [0.25, 0.3) is 0 Å². The molecule has 0 bridgehead atoms. The van der Waals surface area contributed by atoms with E-state index in [1.165, 1.54) is 12.1 Å². The molecule has 4 nitrogen and oxygen atoms in total. The zero-order chi connectivity index (χ0) is 20.9. The van der Waals surface area contributed by atoms with Gasteiger partial charge >= 0.3 is 0 Å². The number of rotatable bonds is 3. The van der Waals surface area contributed by atoms with Crippen LogP contribution in [0.3, 0.4) is 0 Å². The first-order valence-electron chi connectivity index (χ1n) is 9.63. The molecule has 0 radical (unpaired) electrons. The van der Waals surface area contributed by atoms with Crippen LogP contribution in [0.1, 0.15) is 42.4 Å². The van der Waals surface area contributed by atoms with E-state index in [2.05, 4.69) is 17.2 Å². The van der Waals surface area contributed by atoms with E-state index in [1.807, 2.05) is 19.9 Å². The van der Waals surface area contributed by atoms with Crippen LogP contribution in [-0.4, -0.2) is 17.9 Å². The highest BCUT2D eigenvalue weighted by Gasteiger charge is 2.61. The van der Waals surface area contributed by atoms with Crippen molar-refractivity contribution in [2.24, 2.45) is 0 Å². The van der Waals surface area contributed by atoms with Gasteiger partial charge in [0.05, 0.1) is 6.04 Å². The van der Waals surface area contributed by atoms with E-state index in [1.54, 1.807) is 18.2 Å². The number of nitrogens with one attached hydrogen (secondary N) is 2. The number of hydrogen-bond acceptors (Lipinski definition) is 2. The average molecular weight is 413 g/mol. The summed E-state index contributed by atoms with van der Waals surface area (Å²) in [6, 6.07) is 9.17. The fourth-order valence-corrected chi connectivity index (χ4v) is 4.98. The van der Waals surface area contributed by atoms with Crippen molar-refractivity contribution in [1.29, 1.82) is 0 Å². The van der Waals surface area contributed by atoms with Crippen LogP contribution in [0, 0.1) is 12.7 Å². The number of piperidine rings is 1. The molecule has 1 saturated heterocycles. The Morgan fingerprint density at radius 1 is 1.28 bits per heavy atom. The Labute approximate surface area is 174 Å². The first-order valence-corrected chi connectivity index (χ1v) is 10.0. The minimum absolute atomic E-state index is 0.0767. The molecule has 0 unspecified atom stereocenters. The maximum atomic E-state index is 14.2. The molecule has 3 atom stereocenters. The molecular formula is C23H22ClFN2O2. The van der Waals surface area contributed by atoms with Crippen molar-refractivity contribution < 1.29 is 14.0 Å². The van der Waals surface area contributed by atoms with E-state index in [4.69, 9.17) is 11.6 Å². The monoisotopic (exact) mass is 412 g/mol. The summed E-state index contributed by atoms with van der Waals surface area (Å²) in [5.41, 5.74) is 2.48. The lowest BCUT2D eigenvalue weighted by Crippen LogP contribution is -2.62. The van der Waals surface area contributed by atoms with Crippen LogP contribution in [0.15, 0.2) is 48.6 Å². The quantitative estimate of drug-likeness (QED) is 0.723. The van der Waals surface area contributed by atoms with Crippen molar-refractivity contribution in [3.05, 3.63) is 76.1 Å². The van der Waals surface area contributed by atoms with E-state index < -0.39 is 23.2 Å². The highest BCUT2D eigenvalue weighted by Crippen LogP contribution is 2.55. The normalized spacial score (nSPS) is 25.5. The van der Waals surface area contributed by atoms with Crippen molar-refractivity contribution in [3.8, 4) is 0 Å². The smallest absolute Gasteiger partial charge is 0.238 e. The molecular weight excluding hydrogens is 391 g/mol. The molecule has 150 valence electrons. The van der Waals surface area contributed by atoms with Crippen LogP contribution in [0.4, 0.5) is 10.1 Å². The van der Waals surface area contributed by atoms with E-state index in [-0.39, 0.29) is 18.2 Å². The number of anilines is 1. The SMILES string of the molecule is C=C(CC)[C@H]1NC(=O)C[C@@H](c2cc(F)ccc2C)[C@]12C(=O)Nc1cc(Cl)ccc12. The molecule has 2 N–H and O–H groups in total. The predicted octanol–water partition coefficient (Wildman–Crippen LogP) is 4.62. The van der Waals surface area contributed by atoms with Gasteiger partial charge in [0.1, 0.15) is 11.2 Å². The molecule has 0 aliphatic carbocycles. The van der Waals surface area contributed by atoms with Gasteiger partial charge in [0, 0.05) is 23.0 Å². The van der Waals surface area contributed by atoms with Gasteiger partial charge in [0.2, 0.25) is 11.8 Å². The number of hydrogen-bond donors (Lipinski definition) is 2. The molecule has 2 aromatic carbocycles. The highest BCUT2D eigenvalue weighted by molar-refractivity contribution is 6.31. The van der Waals surface area contributed by atoms with Gasteiger partial charge in [-0.1, -0.05) is 42.8 Å². The summed E-state index contributed by atoms with van der Waals surface area (Å²) in [4.78, 5) is 26.3. The standard InChI is InChI=1S/C23H22ClFN2O2/c1-4-12(2)21-23(17-8-6-14(24)9-19(17)26-22(23)29)18(11-20(28)27-21)16-10-15(25)7-5-13(16)3/h5-10,18,21H,2,4,11H2,1,3H3,(H,26,29)(H,27,28)/t18-,21+,23-/m0/s1. The van der Waals surface area contributed by atoms with Gasteiger partial charge in [0.25, 0.3) is 0 Å². The van der Waals surface area contributed by atoms with Gasteiger partial charge in [-0.05, 0) is 54.3 Å². The number of fused-ring (bicyclic) bond motifs is 2. The third-order valence-electron chi connectivity index (χ3n) is 6.23. The Hall–Kier alpha value is -2.66. The van der Waals surface area contributed by atoms with Gasteiger partial charge in [-0.15, -0.1) is 0 Å². The van der Waals surface area contributed by atoms with Crippen molar-refractivity contribution in [2.75, 3.05) is 5.32 Å². The second-order valence-electron chi connectivity index (χ2n) is 7.78. The van der Waals surface area contributed by atoms with Crippen LogP contribution in [-0.2, 0) is 15.0 Å². The molecule has 0 saturated carbocycles. The zero-order valence-electron chi connectivity index (χ0n) is 16.3. The largest absolute Gasteiger partial charge is 0.348 e. The van der Waals surface area contributed by atoms with E-state index >= 15 is 0 Å². The lowest BCUT2D eigenvalue weighted by molar-refractivity contribution is -0.130. The van der Waals surface area contributed by atoms with E-state index in [0.717, 1.165) is 16.7 Å². The fraction of sp³-hybridized carbons (Fsp3) is 0.304. The van der Waals surface area contributed by atoms with Crippen molar-refractivity contribution in [2.45, 2.75) is 44.1 Å². The van der Waals surface area contributed by atoms with Crippen LogP contribution >= 0.6 is 11.6 Å². The Balaban J connectivity index is 2.04. The Morgan fingerprint density at radius 2 is 2.03 bits per heavy atom. The molecule has 2 heterocycles. The number of amides is 2. The zero-order valence-corrected chi connectivity index (χ0v) is 17.1. The average Bonchev–Trinajstić information content (AvgIpc) is 2.96. The van der Waals surface area contributed by atoms with Gasteiger partial charge in [-0.3, -0.25) is 9.59 Å². The molecule has 2 aliphatic heterocycles. The Bertz CT molecular complexity index is 1050. The topological polar surface area (TPSA) is 58.2 Å². The third-order valence-corrected chi connectivity index (χ3v) is 6.47. The molecule has 2 amide bonds. The van der Waals surface area contributed by atoms with Crippen LogP contribution in [0.2, 0.25) is 5.02 Å². The summed E-state index contributed by atoms with van der Waals surface area (Å²) in [6.07, 6.45) is 0.672. The van der Waals surface area contributed by atoms with Gasteiger partial charge in [-0.25, -0.2) is 4.39 Å². The van der Waals surface area contributed by atoms with Crippen LogP contribution < -0.4 is 10.6 Å². The van der Waals surface area contributed by atoms with Gasteiger partial charge in [0.15, 0.2) is 0 Å². The molecule has 0 aromatic heterocycles. The Morgan fingerprint density at radius 3 is 2.76 bits per heavy atom. The summed E-state index contributed by atoms with van der Waals surface area (Å²) in [5.74, 6) is -1.35. The van der Waals surface area contributed by atoms with Crippen molar-refractivity contribution in [1.82, 2.24) is 5.32 Å². The minimum Gasteiger partial charge on any atom is -0.348 e. The maximum Gasteiger partial charge on any atom is 0.238 e. The Kier molecular flexibility index (Phi) is 4.74. The fourth-order valence-electron chi connectivity index (χ4n) is 4.81. The van der Waals surface area contributed by atoms with E-state index in [9.17, 15) is 14.0 Å². The van der Waals surface area contributed by atoms with Crippen molar-refractivity contribution in [3.63, 3.8) is 0 Å². The summed E-state index contributed by atoms with van der Waals surface area (Å²) in [5, 5.41) is 6.45. The number of carbonyl (C=O) groups is 2. The molecule has 29 heavy (non-hydrogen) atoms. The molecule has 1 fully saturated rings. The minimum atomic E-state index is -1.13. The summed E-state index contributed by atoms with van der Waals surface area (Å²) >= 11 is 6.16. The first-order chi connectivity index (χ1) is 13.8.